The summed E-state index contributed by atoms with van der Waals surface area (Å²) in [5.41, 5.74) is 7.66. The third-order valence-electron chi connectivity index (χ3n) is 5.46. The van der Waals surface area contributed by atoms with E-state index in [2.05, 4.69) is 10.6 Å². The van der Waals surface area contributed by atoms with E-state index in [-0.39, 0.29) is 53.5 Å². The number of carbonyl (C=O) groups is 2. The number of ether oxygens (including phenoxy) is 1. The van der Waals surface area contributed by atoms with Gasteiger partial charge < -0.3 is 21.1 Å². The zero-order valence-corrected chi connectivity index (χ0v) is 22.4. The number of carbonyl (C=O) groups excluding carboxylic acids is 2. The first-order chi connectivity index (χ1) is 18.0. The second kappa shape index (κ2) is 12.4. The Balaban J connectivity index is 1.84. The van der Waals surface area contributed by atoms with Crippen LogP contribution in [0.5, 0.6) is 5.75 Å². The van der Waals surface area contributed by atoms with Crippen LogP contribution in [0.15, 0.2) is 66.7 Å². The Morgan fingerprint density at radius 2 is 1.76 bits per heavy atom. The Hall–Kier alpha value is -4.09. The molecule has 0 aliphatic carbocycles. The molecule has 0 saturated carbocycles. The lowest BCUT2D eigenvalue weighted by Crippen LogP contribution is -2.30. The summed E-state index contributed by atoms with van der Waals surface area (Å²) < 4.78 is 31.9. The van der Waals surface area contributed by atoms with Crippen LogP contribution in [0.25, 0.3) is 0 Å². The molecule has 0 aliphatic rings. The number of hydrogen-bond donors (Lipinski definition) is 4. The molecule has 0 saturated heterocycles. The first-order valence-electron chi connectivity index (χ1n) is 11.4. The van der Waals surface area contributed by atoms with E-state index >= 15 is 0 Å². The largest absolute Gasteiger partial charge is 0.483 e. The van der Waals surface area contributed by atoms with Crippen LogP contribution in [0.2, 0.25) is 5.02 Å². The van der Waals surface area contributed by atoms with Crippen molar-refractivity contribution in [1.82, 2.24) is 10.6 Å². The van der Waals surface area contributed by atoms with Gasteiger partial charge in [0.1, 0.15) is 11.6 Å². The van der Waals surface area contributed by atoms with Gasteiger partial charge in [-0.1, -0.05) is 54.1 Å². The molecule has 0 spiro atoms. The number of amides is 2. The van der Waals surface area contributed by atoms with Crippen LogP contribution >= 0.6 is 11.6 Å². The average Bonchev–Trinajstić information content (AvgIpc) is 2.88. The van der Waals surface area contributed by atoms with E-state index in [9.17, 15) is 18.0 Å². The van der Waals surface area contributed by atoms with Crippen molar-refractivity contribution in [2.24, 2.45) is 5.73 Å². The van der Waals surface area contributed by atoms with Gasteiger partial charge >= 0.3 is 0 Å². The summed E-state index contributed by atoms with van der Waals surface area (Å²) in [6, 6.07) is 18.2. The number of nitrogens with one attached hydrogen (secondary N) is 3. The number of nitrogens with two attached hydrogens (primary N) is 1. The number of nitrogens with zero attached hydrogens (tertiary/aromatic N) is 1. The highest BCUT2D eigenvalue weighted by atomic mass is 35.5. The Kier molecular flexibility index (Phi) is 9.32. The minimum absolute atomic E-state index is 0.0156. The van der Waals surface area contributed by atoms with Gasteiger partial charge in [-0.25, -0.2) is 8.42 Å². The lowest BCUT2D eigenvalue weighted by atomic mass is 10.1. The molecule has 2 amide bonds. The van der Waals surface area contributed by atoms with Gasteiger partial charge in [0.2, 0.25) is 10.0 Å². The molecular formula is C26H28ClN5O5S. The van der Waals surface area contributed by atoms with Crippen LogP contribution in [0.3, 0.4) is 0 Å². The van der Waals surface area contributed by atoms with E-state index in [4.69, 9.17) is 27.5 Å². The van der Waals surface area contributed by atoms with Gasteiger partial charge in [0.05, 0.1) is 18.5 Å². The van der Waals surface area contributed by atoms with E-state index in [0.717, 1.165) is 11.8 Å². The van der Waals surface area contributed by atoms with Crippen LogP contribution in [-0.2, 0) is 27.9 Å². The Labute approximate surface area is 226 Å². The summed E-state index contributed by atoms with van der Waals surface area (Å²) in [6.07, 6.45) is 1.08. The van der Waals surface area contributed by atoms with E-state index in [1.54, 1.807) is 24.3 Å². The monoisotopic (exact) mass is 557 g/mol. The van der Waals surface area contributed by atoms with E-state index in [0.29, 0.717) is 11.1 Å². The molecular weight excluding hydrogens is 530 g/mol. The molecule has 200 valence electrons. The molecule has 0 atom stereocenters. The molecule has 3 aromatic rings. The van der Waals surface area contributed by atoms with Crippen LogP contribution in [-0.4, -0.2) is 46.0 Å². The molecule has 3 rings (SSSR count). The van der Waals surface area contributed by atoms with Crippen LogP contribution in [0.4, 0.5) is 5.69 Å². The highest BCUT2D eigenvalue weighted by Gasteiger charge is 2.21. The summed E-state index contributed by atoms with van der Waals surface area (Å²) in [6.45, 7) is -0.184. The molecule has 0 radical (unpaired) electrons. The number of nitrogen functional groups attached to an aromatic ring is 1. The van der Waals surface area contributed by atoms with Crippen LogP contribution < -0.4 is 25.4 Å². The summed E-state index contributed by atoms with van der Waals surface area (Å²) in [7, 11) is -2.22. The topological polar surface area (TPSA) is 155 Å². The maximum absolute atomic E-state index is 13.1. The van der Waals surface area contributed by atoms with Crippen molar-refractivity contribution in [1.29, 1.82) is 5.41 Å². The number of hydrogen-bond acceptors (Lipinski definition) is 6. The van der Waals surface area contributed by atoms with Crippen LogP contribution in [0.1, 0.15) is 27.0 Å². The Morgan fingerprint density at radius 3 is 2.39 bits per heavy atom. The van der Waals surface area contributed by atoms with Crippen molar-refractivity contribution in [3.05, 3.63) is 94.0 Å². The van der Waals surface area contributed by atoms with Crippen molar-refractivity contribution in [3.8, 4) is 5.75 Å². The molecule has 3 aromatic carbocycles. The zero-order valence-electron chi connectivity index (χ0n) is 20.8. The number of halogens is 1. The van der Waals surface area contributed by atoms with Gasteiger partial charge in [-0.3, -0.25) is 19.3 Å². The van der Waals surface area contributed by atoms with Gasteiger partial charge in [-0.05, 0) is 29.8 Å². The Morgan fingerprint density at radius 1 is 1.05 bits per heavy atom. The van der Waals surface area contributed by atoms with Gasteiger partial charge in [0, 0.05) is 35.3 Å². The predicted octanol–water partition coefficient (Wildman–Crippen LogP) is 2.65. The third-order valence-corrected chi connectivity index (χ3v) is 6.82. The smallest absolute Gasteiger partial charge is 0.257 e. The van der Waals surface area contributed by atoms with Crippen molar-refractivity contribution in [2.75, 3.05) is 24.2 Å². The first kappa shape index (κ1) is 28.5. The molecule has 0 aliphatic heterocycles. The summed E-state index contributed by atoms with van der Waals surface area (Å²) in [4.78, 5) is 24.7. The fraction of sp³-hybridized carbons (Fsp3) is 0.192. The molecule has 5 N–H and O–H groups in total. The van der Waals surface area contributed by atoms with E-state index < -0.39 is 15.9 Å². The molecule has 0 heterocycles. The van der Waals surface area contributed by atoms with Crippen LogP contribution in [0, 0.1) is 5.41 Å². The van der Waals surface area contributed by atoms with Crippen molar-refractivity contribution >= 4 is 45.0 Å². The fourth-order valence-electron chi connectivity index (χ4n) is 3.49. The predicted molar refractivity (Wildman–Crippen MR) is 147 cm³/mol. The van der Waals surface area contributed by atoms with Gasteiger partial charge in [0.25, 0.3) is 11.8 Å². The maximum atomic E-state index is 13.1. The molecule has 10 nitrogen and oxygen atoms in total. The number of benzene rings is 3. The number of sulfonamides is 1. The third kappa shape index (κ3) is 7.70. The molecule has 0 unspecified atom stereocenters. The maximum Gasteiger partial charge on any atom is 0.257 e. The highest BCUT2D eigenvalue weighted by molar-refractivity contribution is 7.92. The minimum Gasteiger partial charge on any atom is -0.483 e. The lowest BCUT2D eigenvalue weighted by Gasteiger charge is -2.23. The molecule has 12 heteroatoms. The normalized spacial score (nSPS) is 10.9. The molecule has 0 fully saturated rings. The highest BCUT2D eigenvalue weighted by Crippen LogP contribution is 2.27. The quantitative estimate of drug-likeness (QED) is 0.210. The summed E-state index contributed by atoms with van der Waals surface area (Å²) >= 11 is 6.27. The second-order valence-corrected chi connectivity index (χ2v) is 10.7. The zero-order chi connectivity index (χ0) is 27.9. The summed E-state index contributed by atoms with van der Waals surface area (Å²) in [5.74, 6) is -0.761. The number of amidine groups is 1. The van der Waals surface area contributed by atoms with Crippen molar-refractivity contribution in [3.63, 3.8) is 0 Å². The molecule has 38 heavy (non-hydrogen) atoms. The molecule has 0 aromatic heterocycles. The second-order valence-electron chi connectivity index (χ2n) is 8.33. The number of rotatable bonds is 11. The number of likely N-dealkylation sites (N-methyl/N-ethyl adjacent to an activating group) is 1. The number of anilines is 1. The standard InChI is InChI=1S/C26H28ClN5O5S/c1-30-24(33)16-37-23-12-18(25(28)29)8-9-19(23)14-31-26(34)20-10-21(27)13-22(11-20)32(38(2,35)36)15-17-6-4-3-5-7-17/h3-13H,14-16H2,1-2H3,(H3,28,29)(H,30,33)(H,31,34). The minimum atomic E-state index is -3.70. The van der Waals surface area contributed by atoms with Gasteiger partial charge in [-0.15, -0.1) is 0 Å². The average molecular weight is 558 g/mol. The summed E-state index contributed by atoms with van der Waals surface area (Å²) in [5, 5.41) is 13.0. The van der Waals surface area contributed by atoms with Crippen molar-refractivity contribution in [2.45, 2.75) is 13.1 Å². The van der Waals surface area contributed by atoms with Gasteiger partial charge in [-0.2, -0.15) is 0 Å². The fourth-order valence-corrected chi connectivity index (χ4v) is 4.60. The first-order valence-corrected chi connectivity index (χ1v) is 13.6. The lowest BCUT2D eigenvalue weighted by molar-refractivity contribution is -0.122. The van der Waals surface area contributed by atoms with E-state index in [1.807, 2.05) is 18.2 Å². The SMILES string of the molecule is CNC(=O)COc1cc(C(=N)N)ccc1CNC(=O)c1cc(Cl)cc(N(Cc2ccccc2)S(C)(=O)=O)c1. The van der Waals surface area contributed by atoms with Gasteiger partial charge in [0.15, 0.2) is 6.61 Å². The Bertz CT molecular complexity index is 1450. The van der Waals surface area contributed by atoms with E-state index in [1.165, 1.54) is 35.6 Å². The van der Waals surface area contributed by atoms with Crippen molar-refractivity contribution < 1.29 is 22.7 Å². The molecule has 0 bridgehead atoms.